The minimum Gasteiger partial charge on any atom is -0.481 e. The monoisotopic (exact) mass is 377 g/mol. The van der Waals surface area contributed by atoms with E-state index in [-0.39, 0.29) is 6.42 Å². The molecular weight excluding hydrogens is 358 g/mol. The number of carboxylic acid groups (broad SMARTS) is 1. The molecule has 0 saturated heterocycles. The summed E-state index contributed by atoms with van der Waals surface area (Å²) in [6.07, 6.45) is 6.26. The standard InChI is InChI=1S/C18H20BrNO3/c1-2-3-4-9-18(11-15(21)22)17-13(8-10-23-18)12-6-5-7-14(19)16(12)20-17/h2-3,5-7,20H,4,8-11H2,1H3,(H,21,22). The topological polar surface area (TPSA) is 62.3 Å². The van der Waals surface area contributed by atoms with Crippen LogP contribution in [0.4, 0.5) is 0 Å². The van der Waals surface area contributed by atoms with E-state index in [1.807, 2.05) is 25.1 Å². The summed E-state index contributed by atoms with van der Waals surface area (Å²) in [5.74, 6) is -0.837. The first kappa shape index (κ1) is 16.3. The van der Waals surface area contributed by atoms with Crippen molar-refractivity contribution in [1.29, 1.82) is 0 Å². The van der Waals surface area contributed by atoms with Crippen molar-refractivity contribution in [3.8, 4) is 0 Å². The van der Waals surface area contributed by atoms with Crippen LogP contribution in [-0.2, 0) is 21.6 Å². The quantitative estimate of drug-likeness (QED) is 0.752. The van der Waals surface area contributed by atoms with E-state index in [1.54, 1.807) is 0 Å². The average Bonchev–Trinajstić information content (AvgIpc) is 2.89. The first-order chi connectivity index (χ1) is 11.1. The Morgan fingerprint density at radius 1 is 1.52 bits per heavy atom. The molecule has 0 saturated carbocycles. The smallest absolute Gasteiger partial charge is 0.306 e. The first-order valence-electron chi connectivity index (χ1n) is 7.84. The van der Waals surface area contributed by atoms with Crippen molar-refractivity contribution in [2.75, 3.05) is 6.61 Å². The molecule has 0 radical (unpaired) electrons. The van der Waals surface area contributed by atoms with Crippen LogP contribution in [0.2, 0.25) is 0 Å². The number of halogens is 1. The van der Waals surface area contributed by atoms with Crippen molar-refractivity contribution in [2.45, 2.75) is 38.2 Å². The first-order valence-corrected chi connectivity index (χ1v) is 8.63. The summed E-state index contributed by atoms with van der Waals surface area (Å²) in [5, 5.41) is 10.6. The molecule has 0 amide bonds. The van der Waals surface area contributed by atoms with E-state index in [0.29, 0.717) is 13.0 Å². The number of aromatic nitrogens is 1. The van der Waals surface area contributed by atoms with E-state index >= 15 is 0 Å². The third-order valence-electron chi connectivity index (χ3n) is 4.46. The van der Waals surface area contributed by atoms with Gasteiger partial charge in [-0.25, -0.2) is 0 Å². The molecule has 0 fully saturated rings. The Morgan fingerprint density at radius 2 is 2.35 bits per heavy atom. The van der Waals surface area contributed by atoms with Crippen LogP contribution in [0, 0.1) is 0 Å². The number of carbonyl (C=O) groups is 1. The maximum absolute atomic E-state index is 11.5. The summed E-state index contributed by atoms with van der Waals surface area (Å²) in [6, 6.07) is 6.08. The predicted octanol–water partition coefficient (Wildman–Crippen LogP) is 4.53. The third kappa shape index (κ3) is 2.95. The van der Waals surface area contributed by atoms with Crippen LogP contribution in [0.3, 0.4) is 0 Å². The average molecular weight is 378 g/mol. The van der Waals surface area contributed by atoms with Crippen LogP contribution in [-0.4, -0.2) is 22.7 Å². The fraction of sp³-hybridized carbons (Fsp3) is 0.389. The molecule has 0 aliphatic carbocycles. The van der Waals surface area contributed by atoms with E-state index in [4.69, 9.17) is 4.74 Å². The second-order valence-corrected chi connectivity index (χ2v) is 6.77. The van der Waals surface area contributed by atoms with Gasteiger partial charge in [-0.3, -0.25) is 4.79 Å². The van der Waals surface area contributed by atoms with E-state index in [9.17, 15) is 9.90 Å². The van der Waals surface area contributed by atoms with Gasteiger partial charge >= 0.3 is 5.97 Å². The van der Waals surface area contributed by atoms with Crippen LogP contribution in [0.15, 0.2) is 34.8 Å². The number of benzene rings is 1. The molecule has 2 aromatic rings. The van der Waals surface area contributed by atoms with Crippen molar-refractivity contribution >= 4 is 32.8 Å². The fourth-order valence-corrected chi connectivity index (χ4v) is 3.92. The summed E-state index contributed by atoms with van der Waals surface area (Å²) in [7, 11) is 0. The van der Waals surface area contributed by atoms with Gasteiger partial charge in [0.2, 0.25) is 0 Å². The minimum atomic E-state index is -0.837. The largest absolute Gasteiger partial charge is 0.481 e. The van der Waals surface area contributed by atoms with E-state index in [1.165, 1.54) is 5.56 Å². The zero-order chi connectivity index (χ0) is 16.4. The second kappa shape index (κ2) is 6.49. The lowest BCUT2D eigenvalue weighted by molar-refractivity contribution is -0.149. The lowest BCUT2D eigenvalue weighted by Crippen LogP contribution is -2.37. The number of carboxylic acids is 1. The molecule has 3 rings (SSSR count). The zero-order valence-electron chi connectivity index (χ0n) is 13.1. The Bertz CT molecular complexity index is 765. The van der Waals surface area contributed by atoms with Gasteiger partial charge in [-0.15, -0.1) is 0 Å². The Balaban J connectivity index is 2.14. The molecule has 2 N–H and O–H groups in total. The van der Waals surface area contributed by atoms with Crippen molar-refractivity contribution in [2.24, 2.45) is 0 Å². The maximum Gasteiger partial charge on any atom is 0.306 e. The molecule has 122 valence electrons. The zero-order valence-corrected chi connectivity index (χ0v) is 14.6. The molecular formula is C18H20BrNO3. The molecule has 23 heavy (non-hydrogen) atoms. The molecule has 2 heterocycles. The van der Waals surface area contributed by atoms with Crippen molar-refractivity contribution in [3.05, 3.63) is 46.1 Å². The highest BCUT2D eigenvalue weighted by molar-refractivity contribution is 9.10. The summed E-state index contributed by atoms with van der Waals surface area (Å²) < 4.78 is 7.05. The van der Waals surface area contributed by atoms with Gasteiger partial charge in [0.1, 0.15) is 5.60 Å². The van der Waals surface area contributed by atoms with Crippen molar-refractivity contribution in [1.82, 2.24) is 4.98 Å². The third-order valence-corrected chi connectivity index (χ3v) is 5.12. The number of hydrogen-bond acceptors (Lipinski definition) is 2. The number of para-hydroxylation sites is 1. The van der Waals surface area contributed by atoms with Gasteiger partial charge in [0, 0.05) is 9.86 Å². The Kier molecular flexibility index (Phi) is 4.60. The maximum atomic E-state index is 11.5. The van der Waals surface area contributed by atoms with Crippen molar-refractivity contribution in [3.63, 3.8) is 0 Å². The van der Waals surface area contributed by atoms with Gasteiger partial charge in [0.05, 0.1) is 24.2 Å². The Hall–Kier alpha value is -1.59. The number of ether oxygens (including phenoxy) is 1. The summed E-state index contributed by atoms with van der Waals surface area (Å²) >= 11 is 3.58. The number of aromatic amines is 1. The molecule has 1 aromatic heterocycles. The number of rotatable bonds is 5. The fourth-order valence-electron chi connectivity index (χ4n) is 3.46. The minimum absolute atomic E-state index is 0.0258. The van der Waals surface area contributed by atoms with Gasteiger partial charge in [0.25, 0.3) is 0 Å². The van der Waals surface area contributed by atoms with Crippen LogP contribution < -0.4 is 0 Å². The van der Waals surface area contributed by atoms with E-state index < -0.39 is 11.6 Å². The SMILES string of the molecule is CC=CCCC1(CC(=O)O)OCCc2c1[nH]c1c(Br)cccc21. The molecule has 5 heteroatoms. The Morgan fingerprint density at radius 3 is 3.09 bits per heavy atom. The Labute approximate surface area is 143 Å². The van der Waals surface area contributed by atoms with Crippen LogP contribution in [0.1, 0.15) is 37.4 Å². The molecule has 1 atom stereocenters. The molecule has 0 bridgehead atoms. The van der Waals surface area contributed by atoms with E-state index in [0.717, 1.165) is 33.9 Å². The van der Waals surface area contributed by atoms with Crippen LogP contribution in [0.5, 0.6) is 0 Å². The number of nitrogens with one attached hydrogen (secondary N) is 1. The lowest BCUT2D eigenvalue weighted by Gasteiger charge is -2.36. The van der Waals surface area contributed by atoms with Crippen LogP contribution in [0.25, 0.3) is 10.9 Å². The molecule has 1 aliphatic heterocycles. The molecule has 1 aromatic carbocycles. The van der Waals surface area contributed by atoms with E-state index in [2.05, 4.69) is 33.1 Å². The van der Waals surface area contributed by atoms with Crippen molar-refractivity contribution < 1.29 is 14.6 Å². The van der Waals surface area contributed by atoms with Gasteiger partial charge < -0.3 is 14.8 Å². The number of fused-ring (bicyclic) bond motifs is 3. The highest BCUT2D eigenvalue weighted by atomic mass is 79.9. The number of aliphatic carboxylic acids is 1. The number of hydrogen-bond donors (Lipinski definition) is 2. The van der Waals surface area contributed by atoms with Gasteiger partial charge in [-0.2, -0.15) is 0 Å². The number of allylic oxidation sites excluding steroid dienone is 2. The summed E-state index contributed by atoms with van der Waals surface area (Å²) in [5.41, 5.74) is 2.35. The molecule has 1 unspecified atom stereocenters. The summed E-state index contributed by atoms with van der Waals surface area (Å²) in [6.45, 7) is 2.52. The highest BCUT2D eigenvalue weighted by Crippen LogP contribution is 2.43. The van der Waals surface area contributed by atoms with Gasteiger partial charge in [-0.1, -0.05) is 24.3 Å². The predicted molar refractivity (Wildman–Crippen MR) is 93.6 cm³/mol. The lowest BCUT2D eigenvalue weighted by atomic mass is 9.84. The second-order valence-electron chi connectivity index (χ2n) is 5.91. The van der Waals surface area contributed by atoms with Gasteiger partial charge in [0.15, 0.2) is 0 Å². The molecule has 0 spiro atoms. The normalized spacial score (nSPS) is 21.0. The number of H-pyrrole nitrogens is 1. The molecule has 1 aliphatic rings. The van der Waals surface area contributed by atoms with Crippen LogP contribution >= 0.6 is 15.9 Å². The summed E-state index contributed by atoms with van der Waals surface area (Å²) in [4.78, 5) is 14.9. The molecule has 4 nitrogen and oxygen atoms in total. The highest BCUT2D eigenvalue weighted by Gasteiger charge is 2.41. The van der Waals surface area contributed by atoms with Gasteiger partial charge in [-0.05, 0) is 53.7 Å².